The van der Waals surface area contributed by atoms with Gasteiger partial charge in [0.2, 0.25) is 0 Å². The smallest absolute Gasteiger partial charge is 0.449 e. The molecule has 0 aromatic carbocycles. The van der Waals surface area contributed by atoms with E-state index in [9.17, 15) is 25.9 Å². The normalized spacial score (nSPS) is 33.3. The number of hydrogen-bond donors (Lipinski definition) is 0. The van der Waals surface area contributed by atoms with Crippen LogP contribution in [0.2, 0.25) is 11.6 Å². The summed E-state index contributed by atoms with van der Waals surface area (Å²) in [6.07, 6.45) is 0.729. The Hall–Kier alpha value is 2.98. The van der Waals surface area contributed by atoms with Gasteiger partial charge in [-0.2, -0.15) is 0 Å². The van der Waals surface area contributed by atoms with E-state index in [1.807, 2.05) is 0 Å². The first kappa shape index (κ1) is 23.3. The molecule has 0 radical (unpaired) electrons. The Morgan fingerprint density at radius 2 is 0.833 bits per heavy atom. The van der Waals surface area contributed by atoms with Crippen LogP contribution in [-0.4, -0.2) is 14.0 Å². The van der Waals surface area contributed by atoms with Crippen molar-refractivity contribution in [2.24, 2.45) is 11.8 Å². The number of halogens is 6. The third-order valence-corrected chi connectivity index (χ3v) is 3.31. The summed E-state index contributed by atoms with van der Waals surface area (Å²) in [5.41, 5.74) is 0. The fourth-order valence-corrected chi connectivity index (χ4v) is 1.76. The van der Waals surface area contributed by atoms with Crippen LogP contribution in [0.1, 0.15) is 26.7 Å². The Morgan fingerprint density at radius 1 is 0.667 bits per heavy atom. The van der Waals surface area contributed by atoms with Crippen LogP contribution in [0.25, 0.3) is 0 Å². The molecule has 0 aromatic heterocycles. The summed E-state index contributed by atoms with van der Waals surface area (Å²) < 4.78 is 69.3. The summed E-state index contributed by atoms with van der Waals surface area (Å²) in [6, 6.07) is 0. The third-order valence-electron chi connectivity index (χ3n) is 3.31. The van der Waals surface area contributed by atoms with E-state index in [1.54, 1.807) is 13.8 Å². The molecule has 0 heterocycles. The molecule has 0 bridgehead atoms. The zero-order chi connectivity index (χ0) is 12.7. The Kier molecular flexibility index (Phi) is 11.1. The van der Waals surface area contributed by atoms with Crippen molar-refractivity contribution in [1.29, 1.82) is 0 Å². The van der Waals surface area contributed by atoms with Crippen LogP contribution in [0.5, 0.6) is 0 Å². The molecule has 2 aliphatic rings. The standard InChI is InChI=1S/2C4H7BF3.2K/c2*1-3-2-4(3)5(6,7)8;;/h2*3-4H,2H2,1H3;;/q2*-1;2*+1/t2*3-,4+;;/m10../s1. The van der Waals surface area contributed by atoms with E-state index in [1.165, 1.54) is 0 Å². The molecule has 0 spiro atoms. The predicted molar refractivity (Wildman–Crippen MR) is 53.2 cm³/mol. The molecule has 0 N–H and O–H groups in total. The average Bonchev–Trinajstić information content (AvgIpc) is 2.86. The van der Waals surface area contributed by atoms with Gasteiger partial charge in [0.15, 0.2) is 0 Å². The summed E-state index contributed by atoms with van der Waals surface area (Å²) in [7, 11) is 0. The van der Waals surface area contributed by atoms with Crippen molar-refractivity contribution < 1.29 is 129 Å². The Balaban J connectivity index is 0. The summed E-state index contributed by atoms with van der Waals surface area (Å²) in [5, 5.41) is 0. The average molecular weight is 324 g/mol. The van der Waals surface area contributed by atoms with Gasteiger partial charge >= 0.3 is 117 Å². The minimum Gasteiger partial charge on any atom is -0.449 e. The molecule has 2 saturated carbocycles. The van der Waals surface area contributed by atoms with Crippen LogP contribution < -0.4 is 103 Å². The molecule has 0 amide bonds. The van der Waals surface area contributed by atoms with Crippen LogP contribution in [0.3, 0.4) is 0 Å². The third kappa shape index (κ3) is 8.43. The fraction of sp³-hybridized carbons (Fsp3) is 1.00. The monoisotopic (exact) mass is 324 g/mol. The van der Waals surface area contributed by atoms with Gasteiger partial charge in [0.1, 0.15) is 0 Å². The summed E-state index contributed by atoms with van der Waals surface area (Å²) in [6.45, 7) is -5.70. The zero-order valence-corrected chi connectivity index (χ0v) is 17.4. The molecule has 2 rings (SSSR count). The van der Waals surface area contributed by atoms with E-state index in [0.717, 1.165) is 0 Å². The molecule has 10 heteroatoms. The maximum absolute atomic E-state index is 11.6. The molecule has 0 nitrogen and oxygen atoms in total. The molecule has 4 atom stereocenters. The van der Waals surface area contributed by atoms with Crippen molar-refractivity contribution in [3.8, 4) is 0 Å². The number of rotatable bonds is 2. The van der Waals surface area contributed by atoms with Gasteiger partial charge in [0.05, 0.1) is 0 Å². The van der Waals surface area contributed by atoms with Crippen molar-refractivity contribution in [2.45, 2.75) is 38.3 Å². The van der Waals surface area contributed by atoms with E-state index in [2.05, 4.69) is 0 Å². The zero-order valence-electron chi connectivity index (χ0n) is 11.1. The van der Waals surface area contributed by atoms with E-state index in [0.29, 0.717) is 12.8 Å². The molecule has 0 saturated heterocycles. The molecule has 0 aliphatic heterocycles. The van der Waals surface area contributed by atoms with Gasteiger partial charge in [0.25, 0.3) is 0 Å². The van der Waals surface area contributed by atoms with Crippen molar-refractivity contribution >= 4 is 14.0 Å². The van der Waals surface area contributed by atoms with Crippen molar-refractivity contribution in [1.82, 2.24) is 0 Å². The minimum atomic E-state index is -4.49. The first-order valence-electron chi connectivity index (χ1n) is 5.43. The predicted octanol–water partition coefficient (Wildman–Crippen LogP) is -1.50. The van der Waals surface area contributed by atoms with Gasteiger partial charge in [-0.25, -0.2) is 0 Å². The van der Waals surface area contributed by atoms with Gasteiger partial charge < -0.3 is 25.9 Å². The molecular weight excluding hydrogens is 310 g/mol. The minimum absolute atomic E-state index is 0. The van der Waals surface area contributed by atoms with E-state index < -0.39 is 25.6 Å². The van der Waals surface area contributed by atoms with Crippen LogP contribution in [0, 0.1) is 11.8 Å². The van der Waals surface area contributed by atoms with Gasteiger partial charge in [-0.1, -0.05) is 50.2 Å². The van der Waals surface area contributed by atoms with Crippen LogP contribution in [0.4, 0.5) is 25.9 Å². The van der Waals surface area contributed by atoms with Crippen molar-refractivity contribution in [2.75, 3.05) is 0 Å². The summed E-state index contributed by atoms with van der Waals surface area (Å²) >= 11 is 0. The molecule has 2 fully saturated rings. The second-order valence-corrected chi connectivity index (χ2v) is 5.00. The second-order valence-electron chi connectivity index (χ2n) is 5.00. The van der Waals surface area contributed by atoms with Crippen LogP contribution in [0.15, 0.2) is 0 Å². The SMILES string of the molecule is C[C@@H]1C[C@@H]1[B-](F)(F)F.C[C@H]1C[C@H]1[B-](F)(F)F.[K+].[K+]. The summed E-state index contributed by atoms with van der Waals surface area (Å²) in [5.74, 6) is -2.02. The molecule has 0 aromatic rings. The molecule has 96 valence electrons. The Morgan fingerprint density at radius 3 is 0.833 bits per heavy atom. The van der Waals surface area contributed by atoms with E-state index in [4.69, 9.17) is 0 Å². The molecule has 18 heavy (non-hydrogen) atoms. The quantitative estimate of drug-likeness (QED) is 0.428. The number of hydrogen-bond acceptors (Lipinski definition) is 0. The van der Waals surface area contributed by atoms with E-state index in [-0.39, 0.29) is 115 Å². The van der Waals surface area contributed by atoms with Crippen LogP contribution in [-0.2, 0) is 0 Å². The Labute approximate surface area is 189 Å². The van der Waals surface area contributed by atoms with Gasteiger partial charge in [0, 0.05) is 0 Å². The first-order valence-corrected chi connectivity index (χ1v) is 5.43. The van der Waals surface area contributed by atoms with Gasteiger partial charge in [-0.3, -0.25) is 0 Å². The van der Waals surface area contributed by atoms with Crippen LogP contribution >= 0.6 is 0 Å². The first-order chi connectivity index (χ1) is 7.03. The van der Waals surface area contributed by atoms with Gasteiger partial charge in [-0.15, -0.1) is 0 Å². The molecule has 0 unspecified atom stereocenters. The topological polar surface area (TPSA) is 0 Å². The fourth-order valence-electron chi connectivity index (χ4n) is 1.76. The largest absolute Gasteiger partial charge is 1.00 e. The summed E-state index contributed by atoms with van der Waals surface area (Å²) in [4.78, 5) is 0. The molecule has 2 aliphatic carbocycles. The maximum Gasteiger partial charge on any atom is 1.00 e. The van der Waals surface area contributed by atoms with Crippen molar-refractivity contribution in [3.63, 3.8) is 0 Å². The van der Waals surface area contributed by atoms with Gasteiger partial charge in [-0.05, 0) is 0 Å². The van der Waals surface area contributed by atoms with E-state index >= 15 is 0 Å². The second kappa shape index (κ2) is 8.57. The Bertz CT molecular complexity index is 231. The van der Waals surface area contributed by atoms with Crippen molar-refractivity contribution in [3.05, 3.63) is 0 Å². The molecular formula is C8H14B2F6K2. The maximum atomic E-state index is 11.6.